The van der Waals surface area contributed by atoms with Crippen LogP contribution in [0.1, 0.15) is 18.1 Å². The molecule has 0 unspecified atom stereocenters. The smallest absolute Gasteiger partial charge is 0.317 e. The van der Waals surface area contributed by atoms with Crippen molar-refractivity contribution in [3.63, 3.8) is 0 Å². The van der Waals surface area contributed by atoms with E-state index >= 15 is 0 Å². The Bertz CT molecular complexity index is 419. The fourth-order valence-corrected chi connectivity index (χ4v) is 1.87. The Morgan fingerprint density at radius 2 is 1.75 bits per heavy atom. The number of ether oxygens (including phenoxy) is 1. The topological polar surface area (TPSA) is 43.4 Å². The van der Waals surface area contributed by atoms with E-state index in [0.717, 1.165) is 5.56 Å². The van der Waals surface area contributed by atoms with Gasteiger partial charge in [-0.3, -0.25) is 9.59 Å². The van der Waals surface area contributed by atoms with E-state index in [1.165, 1.54) is 5.56 Å². The third kappa shape index (κ3) is 1.98. The highest BCUT2D eigenvalue weighted by molar-refractivity contribution is 5.96. The van der Waals surface area contributed by atoms with Gasteiger partial charge < -0.3 is 4.74 Å². The van der Waals surface area contributed by atoms with Crippen LogP contribution in [-0.2, 0) is 20.7 Å². The van der Waals surface area contributed by atoms with Crippen LogP contribution in [0, 0.1) is 18.8 Å². The summed E-state index contributed by atoms with van der Waals surface area (Å²) < 4.78 is 4.60. The van der Waals surface area contributed by atoms with E-state index in [-0.39, 0.29) is 11.8 Å². The Morgan fingerprint density at radius 1 is 1.12 bits per heavy atom. The van der Waals surface area contributed by atoms with Gasteiger partial charge in [-0.1, -0.05) is 36.8 Å². The second-order valence-corrected chi connectivity index (χ2v) is 4.33. The quantitative estimate of drug-likeness (QED) is 0.562. The molecule has 0 aliphatic carbocycles. The van der Waals surface area contributed by atoms with Crippen molar-refractivity contribution in [1.82, 2.24) is 0 Å². The minimum Gasteiger partial charge on any atom is -0.393 e. The number of cyclic esters (lactones) is 2. The number of hydrogen-bond acceptors (Lipinski definition) is 3. The van der Waals surface area contributed by atoms with Crippen molar-refractivity contribution in [2.75, 3.05) is 0 Å². The molecule has 2 rings (SSSR count). The maximum absolute atomic E-state index is 11.4. The molecule has 1 aliphatic rings. The first kappa shape index (κ1) is 10.9. The van der Waals surface area contributed by atoms with Gasteiger partial charge in [0.15, 0.2) is 0 Å². The monoisotopic (exact) mass is 218 g/mol. The highest BCUT2D eigenvalue weighted by atomic mass is 16.6. The number of hydrogen-bond donors (Lipinski definition) is 0. The van der Waals surface area contributed by atoms with Gasteiger partial charge in [-0.05, 0) is 18.9 Å². The molecule has 2 atom stereocenters. The number of rotatable bonds is 2. The van der Waals surface area contributed by atoms with E-state index in [4.69, 9.17) is 0 Å². The normalized spacial score (nSPS) is 24.6. The Morgan fingerprint density at radius 3 is 2.25 bits per heavy atom. The number of esters is 2. The molecule has 1 aromatic carbocycles. The summed E-state index contributed by atoms with van der Waals surface area (Å²) >= 11 is 0. The summed E-state index contributed by atoms with van der Waals surface area (Å²) in [6.45, 7) is 3.76. The molecule has 3 nitrogen and oxygen atoms in total. The van der Waals surface area contributed by atoms with Crippen LogP contribution in [0.15, 0.2) is 24.3 Å². The lowest BCUT2D eigenvalue weighted by Gasteiger charge is -2.09. The van der Waals surface area contributed by atoms with Gasteiger partial charge in [-0.25, -0.2) is 0 Å². The third-order valence-corrected chi connectivity index (χ3v) is 3.06. The molecule has 0 bridgehead atoms. The van der Waals surface area contributed by atoms with Crippen molar-refractivity contribution in [1.29, 1.82) is 0 Å². The second kappa shape index (κ2) is 4.08. The lowest BCUT2D eigenvalue weighted by atomic mass is 9.90. The van der Waals surface area contributed by atoms with Crippen LogP contribution in [0.4, 0.5) is 0 Å². The molecule has 1 fully saturated rings. The zero-order valence-electron chi connectivity index (χ0n) is 9.40. The lowest BCUT2D eigenvalue weighted by Crippen LogP contribution is -2.17. The summed E-state index contributed by atoms with van der Waals surface area (Å²) in [4.78, 5) is 22.6. The molecule has 0 saturated carbocycles. The molecule has 16 heavy (non-hydrogen) atoms. The molecule has 0 N–H and O–H groups in total. The van der Waals surface area contributed by atoms with Crippen LogP contribution >= 0.6 is 0 Å². The number of carbonyl (C=O) groups excluding carboxylic acids is 2. The van der Waals surface area contributed by atoms with E-state index in [1.807, 2.05) is 31.2 Å². The first-order valence-electron chi connectivity index (χ1n) is 5.39. The Balaban J connectivity index is 2.13. The van der Waals surface area contributed by atoms with Gasteiger partial charge in [-0.2, -0.15) is 0 Å². The first-order valence-corrected chi connectivity index (χ1v) is 5.39. The summed E-state index contributed by atoms with van der Waals surface area (Å²) in [5.41, 5.74) is 2.25. The van der Waals surface area contributed by atoms with E-state index < -0.39 is 11.9 Å². The molecule has 1 heterocycles. The van der Waals surface area contributed by atoms with Crippen molar-refractivity contribution in [3.05, 3.63) is 35.4 Å². The molecule has 1 aromatic rings. The van der Waals surface area contributed by atoms with Crippen molar-refractivity contribution < 1.29 is 14.3 Å². The van der Waals surface area contributed by atoms with Crippen molar-refractivity contribution in [2.24, 2.45) is 11.8 Å². The Labute approximate surface area is 94.4 Å². The van der Waals surface area contributed by atoms with Gasteiger partial charge in [0.2, 0.25) is 0 Å². The Hall–Kier alpha value is -1.64. The summed E-state index contributed by atoms with van der Waals surface area (Å²) in [7, 11) is 0. The summed E-state index contributed by atoms with van der Waals surface area (Å²) in [6.07, 6.45) is 0.575. The van der Waals surface area contributed by atoms with E-state index in [1.54, 1.807) is 6.92 Å². The molecule has 3 heteroatoms. The molecule has 0 radical (unpaired) electrons. The zero-order chi connectivity index (χ0) is 11.7. The lowest BCUT2D eigenvalue weighted by molar-refractivity contribution is -0.153. The van der Waals surface area contributed by atoms with Gasteiger partial charge >= 0.3 is 11.9 Å². The summed E-state index contributed by atoms with van der Waals surface area (Å²) in [5.74, 6) is -1.44. The van der Waals surface area contributed by atoms with Gasteiger partial charge in [-0.15, -0.1) is 0 Å². The predicted octanol–water partition coefficient (Wildman–Crippen LogP) is 1.87. The molecular weight excluding hydrogens is 204 g/mol. The van der Waals surface area contributed by atoms with E-state index in [9.17, 15) is 9.59 Å². The minimum absolute atomic E-state index is 0.324. The van der Waals surface area contributed by atoms with Crippen LogP contribution in [0.2, 0.25) is 0 Å². The van der Waals surface area contributed by atoms with E-state index in [2.05, 4.69) is 4.74 Å². The third-order valence-electron chi connectivity index (χ3n) is 3.06. The summed E-state index contributed by atoms with van der Waals surface area (Å²) in [6, 6.07) is 7.97. The van der Waals surface area contributed by atoms with Gasteiger partial charge in [0.05, 0.1) is 11.8 Å². The van der Waals surface area contributed by atoms with Gasteiger partial charge in [0, 0.05) is 0 Å². The summed E-state index contributed by atoms with van der Waals surface area (Å²) in [5, 5.41) is 0. The molecule has 1 aliphatic heterocycles. The largest absolute Gasteiger partial charge is 0.393 e. The second-order valence-electron chi connectivity index (χ2n) is 4.33. The average molecular weight is 218 g/mol. The molecule has 0 spiro atoms. The Kier molecular flexibility index (Phi) is 2.77. The molecular formula is C13H14O3. The van der Waals surface area contributed by atoms with Crippen molar-refractivity contribution in [2.45, 2.75) is 20.3 Å². The maximum Gasteiger partial charge on any atom is 0.317 e. The van der Waals surface area contributed by atoms with Crippen LogP contribution in [-0.4, -0.2) is 11.9 Å². The predicted molar refractivity (Wildman–Crippen MR) is 58.6 cm³/mol. The molecule has 1 saturated heterocycles. The standard InChI is InChI=1S/C13H14O3/c1-8-3-5-10(6-4-8)7-11-9(2)12(14)16-13(11)15/h3-6,9,11H,7H2,1-2H3/t9-,11+/m1/s1. The van der Waals surface area contributed by atoms with Crippen LogP contribution < -0.4 is 0 Å². The highest BCUT2D eigenvalue weighted by Crippen LogP contribution is 2.26. The molecule has 0 aromatic heterocycles. The van der Waals surface area contributed by atoms with Crippen LogP contribution in [0.3, 0.4) is 0 Å². The minimum atomic E-state index is -0.401. The van der Waals surface area contributed by atoms with Gasteiger partial charge in [0.1, 0.15) is 0 Å². The number of benzene rings is 1. The fourth-order valence-electron chi connectivity index (χ4n) is 1.87. The maximum atomic E-state index is 11.4. The van der Waals surface area contributed by atoms with Crippen LogP contribution in [0.5, 0.6) is 0 Å². The van der Waals surface area contributed by atoms with Crippen LogP contribution in [0.25, 0.3) is 0 Å². The number of aryl methyl sites for hydroxylation is 1. The first-order chi connectivity index (χ1) is 7.58. The van der Waals surface area contributed by atoms with E-state index in [0.29, 0.717) is 6.42 Å². The zero-order valence-corrected chi connectivity index (χ0v) is 9.40. The van der Waals surface area contributed by atoms with Gasteiger partial charge in [0.25, 0.3) is 0 Å². The molecule has 84 valence electrons. The molecule has 0 amide bonds. The average Bonchev–Trinajstić information content (AvgIpc) is 2.48. The number of carbonyl (C=O) groups is 2. The fraction of sp³-hybridized carbons (Fsp3) is 0.385. The highest BCUT2D eigenvalue weighted by Gasteiger charge is 2.40. The van der Waals surface area contributed by atoms with Crippen molar-refractivity contribution in [3.8, 4) is 0 Å². The van der Waals surface area contributed by atoms with Crippen molar-refractivity contribution >= 4 is 11.9 Å². The SMILES string of the molecule is Cc1ccc(C[C@@H]2C(=O)OC(=O)[C@@H]2C)cc1.